The smallest absolute Gasteiger partial charge is 0.0442 e. The maximum absolute atomic E-state index is 5.69. The molecule has 4 heteroatoms. The Hall–Kier alpha value is -0.740. The molecule has 0 spiro atoms. The first-order valence-electron chi connectivity index (χ1n) is 5.05. The lowest BCUT2D eigenvalue weighted by Crippen LogP contribution is -2.31. The second-order valence-electron chi connectivity index (χ2n) is 3.62. The van der Waals surface area contributed by atoms with E-state index < -0.39 is 0 Å². The normalized spacial score (nSPS) is 12.5. The third-order valence-electron chi connectivity index (χ3n) is 2.55. The molecule has 0 aliphatic carbocycles. The first-order chi connectivity index (χ1) is 7.20. The zero-order chi connectivity index (χ0) is 11.3. The summed E-state index contributed by atoms with van der Waals surface area (Å²) in [6.07, 6.45) is 5.79. The molecule has 1 unspecified atom stereocenters. The van der Waals surface area contributed by atoms with Crippen LogP contribution in [0.4, 0.5) is 5.69 Å². The highest BCUT2D eigenvalue weighted by molar-refractivity contribution is 7.98. The number of nitrogens with two attached hydrogens (primary N) is 1. The van der Waals surface area contributed by atoms with E-state index in [1.54, 1.807) is 0 Å². The first kappa shape index (κ1) is 12.3. The summed E-state index contributed by atoms with van der Waals surface area (Å²) in [5.41, 5.74) is 7.98. The Kier molecular flexibility index (Phi) is 4.91. The number of pyridine rings is 1. The molecule has 0 aliphatic rings. The molecule has 1 atom stereocenters. The lowest BCUT2D eigenvalue weighted by atomic mass is 10.2. The number of nitrogens with zero attached hydrogens (tertiary/aromatic N) is 2. The zero-order valence-electron chi connectivity index (χ0n) is 9.60. The van der Waals surface area contributed by atoms with Gasteiger partial charge in [-0.2, -0.15) is 11.8 Å². The first-order valence-corrected chi connectivity index (χ1v) is 6.44. The molecular weight excluding hydrogens is 206 g/mol. The van der Waals surface area contributed by atoms with Gasteiger partial charge >= 0.3 is 0 Å². The molecule has 1 aromatic heterocycles. The highest BCUT2D eigenvalue weighted by Crippen LogP contribution is 2.20. The largest absolute Gasteiger partial charge is 0.371 e. The van der Waals surface area contributed by atoms with E-state index in [1.807, 2.05) is 30.2 Å². The molecule has 1 aromatic rings. The van der Waals surface area contributed by atoms with Crippen molar-refractivity contribution in [1.29, 1.82) is 0 Å². The quantitative estimate of drug-likeness (QED) is 0.828. The van der Waals surface area contributed by atoms with Gasteiger partial charge in [0.1, 0.15) is 0 Å². The predicted octanol–water partition coefficient (Wildman–Crippen LogP) is 1.73. The van der Waals surface area contributed by atoms with Crippen molar-refractivity contribution in [2.45, 2.75) is 19.5 Å². The monoisotopic (exact) mass is 225 g/mol. The highest BCUT2D eigenvalue weighted by Gasteiger charge is 2.12. The van der Waals surface area contributed by atoms with Crippen LogP contribution in [-0.2, 0) is 6.54 Å². The molecule has 3 nitrogen and oxygen atoms in total. The molecule has 0 aromatic carbocycles. The van der Waals surface area contributed by atoms with Gasteiger partial charge in [0, 0.05) is 49.0 Å². The molecule has 0 saturated carbocycles. The van der Waals surface area contributed by atoms with Crippen molar-refractivity contribution >= 4 is 17.4 Å². The second-order valence-corrected chi connectivity index (χ2v) is 4.53. The molecule has 0 bridgehead atoms. The van der Waals surface area contributed by atoms with Crippen LogP contribution >= 0.6 is 11.8 Å². The zero-order valence-corrected chi connectivity index (χ0v) is 10.4. The van der Waals surface area contributed by atoms with E-state index in [2.05, 4.69) is 30.1 Å². The number of anilines is 1. The topological polar surface area (TPSA) is 42.2 Å². The van der Waals surface area contributed by atoms with E-state index in [1.165, 1.54) is 5.69 Å². The Morgan fingerprint density at radius 3 is 2.93 bits per heavy atom. The minimum Gasteiger partial charge on any atom is -0.371 e. The molecule has 2 N–H and O–H groups in total. The maximum Gasteiger partial charge on any atom is 0.0442 e. The number of hydrogen-bond acceptors (Lipinski definition) is 4. The fraction of sp³-hybridized carbons (Fsp3) is 0.545. The molecule has 0 fully saturated rings. The third-order valence-corrected chi connectivity index (χ3v) is 3.36. The van der Waals surface area contributed by atoms with Gasteiger partial charge in [-0.25, -0.2) is 0 Å². The van der Waals surface area contributed by atoms with Gasteiger partial charge < -0.3 is 10.6 Å². The summed E-state index contributed by atoms with van der Waals surface area (Å²) in [5.74, 6) is 1.11. The number of rotatable bonds is 5. The molecule has 0 aliphatic heterocycles. The summed E-state index contributed by atoms with van der Waals surface area (Å²) in [5, 5.41) is 0. The number of thioether (sulfide) groups is 1. The van der Waals surface area contributed by atoms with Crippen molar-refractivity contribution in [3.05, 3.63) is 24.0 Å². The van der Waals surface area contributed by atoms with Crippen LogP contribution in [0, 0.1) is 0 Å². The van der Waals surface area contributed by atoms with Gasteiger partial charge in [-0.05, 0) is 19.2 Å². The van der Waals surface area contributed by atoms with Gasteiger partial charge in [0.15, 0.2) is 0 Å². The molecule has 1 rings (SSSR count). The molecule has 0 amide bonds. The van der Waals surface area contributed by atoms with Crippen molar-refractivity contribution in [1.82, 2.24) is 4.98 Å². The van der Waals surface area contributed by atoms with Crippen LogP contribution in [0.5, 0.6) is 0 Å². The lowest BCUT2D eigenvalue weighted by molar-refractivity contribution is 0.758. The predicted molar refractivity (Wildman–Crippen MR) is 68.4 cm³/mol. The molecular formula is C11H19N3S. The summed E-state index contributed by atoms with van der Waals surface area (Å²) in [6, 6.07) is 2.53. The average molecular weight is 225 g/mol. The average Bonchev–Trinajstić information content (AvgIpc) is 2.28. The van der Waals surface area contributed by atoms with Crippen LogP contribution in [0.15, 0.2) is 18.5 Å². The van der Waals surface area contributed by atoms with Crippen molar-refractivity contribution < 1.29 is 0 Å². The van der Waals surface area contributed by atoms with Gasteiger partial charge in [0.2, 0.25) is 0 Å². The summed E-state index contributed by atoms with van der Waals surface area (Å²) in [4.78, 5) is 6.36. The summed E-state index contributed by atoms with van der Waals surface area (Å²) >= 11 is 1.86. The van der Waals surface area contributed by atoms with Crippen LogP contribution < -0.4 is 10.6 Å². The van der Waals surface area contributed by atoms with Crippen molar-refractivity contribution in [3.8, 4) is 0 Å². The van der Waals surface area contributed by atoms with E-state index in [9.17, 15) is 0 Å². The van der Waals surface area contributed by atoms with E-state index in [4.69, 9.17) is 5.73 Å². The van der Waals surface area contributed by atoms with E-state index >= 15 is 0 Å². The summed E-state index contributed by atoms with van der Waals surface area (Å²) in [6.45, 7) is 2.76. The van der Waals surface area contributed by atoms with Gasteiger partial charge in [-0.15, -0.1) is 0 Å². The Bertz CT molecular complexity index is 304. The fourth-order valence-corrected chi connectivity index (χ4v) is 2.22. The van der Waals surface area contributed by atoms with Crippen LogP contribution in [0.3, 0.4) is 0 Å². The van der Waals surface area contributed by atoms with Crippen LogP contribution in [0.2, 0.25) is 0 Å². The molecule has 0 radical (unpaired) electrons. The number of hydrogen-bond donors (Lipinski definition) is 1. The SMILES string of the molecule is CSCC(C)N(C)c1ccncc1CN. The van der Waals surface area contributed by atoms with Crippen molar-refractivity contribution in [2.24, 2.45) is 5.73 Å². The highest BCUT2D eigenvalue weighted by atomic mass is 32.2. The van der Waals surface area contributed by atoms with Gasteiger partial charge in [-0.3, -0.25) is 4.98 Å². The Morgan fingerprint density at radius 1 is 1.60 bits per heavy atom. The second kappa shape index (κ2) is 5.98. The van der Waals surface area contributed by atoms with Crippen LogP contribution in [0.1, 0.15) is 12.5 Å². The fourth-order valence-electron chi connectivity index (χ4n) is 1.51. The van der Waals surface area contributed by atoms with Crippen LogP contribution in [0.25, 0.3) is 0 Å². The third kappa shape index (κ3) is 3.11. The van der Waals surface area contributed by atoms with E-state index in [-0.39, 0.29) is 0 Å². The number of aromatic nitrogens is 1. The molecule has 84 valence electrons. The van der Waals surface area contributed by atoms with Crippen molar-refractivity contribution in [3.63, 3.8) is 0 Å². The molecule has 0 saturated heterocycles. The summed E-state index contributed by atoms with van der Waals surface area (Å²) in [7, 11) is 2.11. The molecule has 1 heterocycles. The Balaban J connectivity index is 2.84. The van der Waals surface area contributed by atoms with Gasteiger partial charge in [0.25, 0.3) is 0 Å². The standard InChI is InChI=1S/C11H19N3S/c1-9(8-15-3)14(2)11-4-5-13-7-10(11)6-12/h4-5,7,9H,6,8,12H2,1-3H3. The Labute approximate surface area is 96.1 Å². The summed E-state index contributed by atoms with van der Waals surface area (Å²) < 4.78 is 0. The minimum absolute atomic E-state index is 0.507. The lowest BCUT2D eigenvalue weighted by Gasteiger charge is -2.28. The van der Waals surface area contributed by atoms with Crippen LogP contribution in [-0.4, -0.2) is 30.1 Å². The van der Waals surface area contributed by atoms with Gasteiger partial charge in [0.05, 0.1) is 0 Å². The molecule has 15 heavy (non-hydrogen) atoms. The maximum atomic E-state index is 5.69. The van der Waals surface area contributed by atoms with E-state index in [0.717, 1.165) is 11.3 Å². The van der Waals surface area contributed by atoms with Crippen molar-refractivity contribution in [2.75, 3.05) is 24.0 Å². The minimum atomic E-state index is 0.507. The van der Waals surface area contributed by atoms with Gasteiger partial charge in [-0.1, -0.05) is 0 Å². The van der Waals surface area contributed by atoms with E-state index in [0.29, 0.717) is 12.6 Å². The Morgan fingerprint density at radius 2 is 2.33 bits per heavy atom.